The summed E-state index contributed by atoms with van der Waals surface area (Å²) in [5, 5.41) is 6.25. The summed E-state index contributed by atoms with van der Waals surface area (Å²) in [4.78, 5) is 75.1. The zero-order valence-corrected chi connectivity index (χ0v) is 31.8. The molecule has 4 aromatic rings. The van der Waals surface area contributed by atoms with Gasteiger partial charge < -0.3 is 24.6 Å². The van der Waals surface area contributed by atoms with Crippen LogP contribution in [-0.4, -0.2) is 126 Å². The third-order valence-corrected chi connectivity index (χ3v) is 12.1. The lowest BCUT2D eigenvalue weighted by molar-refractivity contribution is -0.757. The molecular weight excluding hydrogens is 720 g/mol. The number of rotatable bonds is 8. The van der Waals surface area contributed by atoms with E-state index in [9.17, 15) is 19.2 Å². The minimum atomic E-state index is -0.647. The Morgan fingerprint density at radius 1 is 0.946 bits per heavy atom. The fourth-order valence-electron chi connectivity index (χ4n) is 9.10. The first-order chi connectivity index (χ1) is 27.0. The van der Waals surface area contributed by atoms with Crippen LogP contribution < -0.4 is 30.2 Å². The Morgan fingerprint density at radius 3 is 2.43 bits per heavy atom. The summed E-state index contributed by atoms with van der Waals surface area (Å²) >= 11 is 0. The molecule has 16 nitrogen and oxygen atoms in total. The smallest absolute Gasteiger partial charge is 0.366 e. The third kappa shape index (κ3) is 6.18. The summed E-state index contributed by atoms with van der Waals surface area (Å²) < 4.78 is 17.7. The van der Waals surface area contributed by atoms with Crippen LogP contribution in [0.5, 0.6) is 0 Å². The van der Waals surface area contributed by atoms with Gasteiger partial charge in [-0.25, -0.2) is 24.1 Å². The minimum absolute atomic E-state index is 0.0802. The predicted molar refractivity (Wildman–Crippen MR) is 207 cm³/mol. The van der Waals surface area contributed by atoms with E-state index in [0.29, 0.717) is 53.3 Å². The summed E-state index contributed by atoms with van der Waals surface area (Å²) in [6.07, 6.45) is 7.97. The van der Waals surface area contributed by atoms with E-state index in [0.717, 1.165) is 74.3 Å². The molecule has 4 aliphatic heterocycles. The monoisotopic (exact) mass is 765 g/mol. The topological polar surface area (TPSA) is 157 Å². The number of aromatic nitrogens is 4. The molecule has 3 aromatic heterocycles. The summed E-state index contributed by atoms with van der Waals surface area (Å²) in [6, 6.07) is 8.71. The number of carbonyl (C=O) groups is 4. The normalized spacial score (nSPS) is 22.1. The van der Waals surface area contributed by atoms with Crippen molar-refractivity contribution in [1.82, 2.24) is 34.6 Å². The number of hydrogen-bond acceptors (Lipinski definition) is 11. The van der Waals surface area contributed by atoms with Gasteiger partial charge in [-0.3, -0.25) is 29.5 Å². The largest absolute Gasteiger partial charge is 0.427 e. The number of imide groups is 1. The number of fused-ring (bicyclic) bond motifs is 2. The highest BCUT2D eigenvalue weighted by atomic mass is 19.1. The number of carbonyl (C=O) groups excluding carboxylic acids is 4. The van der Waals surface area contributed by atoms with E-state index >= 15 is 4.39 Å². The molecule has 17 heteroatoms. The van der Waals surface area contributed by atoms with Gasteiger partial charge in [-0.05, 0) is 25.0 Å². The summed E-state index contributed by atoms with van der Waals surface area (Å²) in [5.74, 6) is -0.600. The average molecular weight is 766 g/mol. The van der Waals surface area contributed by atoms with E-state index in [2.05, 4.69) is 30.4 Å². The average Bonchev–Trinajstić information content (AvgIpc) is 3.88. The predicted octanol–water partition coefficient (Wildman–Crippen LogP) is 2.43. The second-order valence-corrected chi connectivity index (χ2v) is 15.7. The van der Waals surface area contributed by atoms with Gasteiger partial charge in [0, 0.05) is 109 Å². The molecule has 3 saturated heterocycles. The van der Waals surface area contributed by atoms with Gasteiger partial charge in [-0.15, -0.1) is 0 Å². The molecule has 292 valence electrons. The van der Waals surface area contributed by atoms with Gasteiger partial charge in [0.1, 0.15) is 22.8 Å². The van der Waals surface area contributed by atoms with Crippen LogP contribution in [-0.2, 0) is 9.59 Å². The van der Waals surface area contributed by atoms with Gasteiger partial charge in [0.15, 0.2) is 17.5 Å². The molecule has 5 amide bonds. The van der Waals surface area contributed by atoms with Gasteiger partial charge in [-0.1, -0.05) is 18.9 Å². The number of pyridine rings is 1. The molecule has 7 heterocycles. The molecule has 2 atom stereocenters. The first-order valence-electron chi connectivity index (χ1n) is 19.4. The zero-order valence-electron chi connectivity index (χ0n) is 31.8. The zero-order chi connectivity index (χ0) is 38.8. The van der Waals surface area contributed by atoms with Crippen LogP contribution in [0, 0.1) is 5.82 Å². The van der Waals surface area contributed by atoms with Gasteiger partial charge in [0.2, 0.25) is 11.9 Å². The highest BCUT2D eigenvalue weighted by Crippen LogP contribution is 2.40. The number of piperidine rings is 1. The standard InChI is InChI=1S/C39H45FN12O4/c1-46(2)37(55)30-17-23-19-42-38(45-35(23)51(30)24-7-4-5-8-24)43-32-18-26(40)31(20-41-32)49-15-13-48(14-16-49)25-21-50(22-25)27-9-6-10-28-34(27)47(3)39(56)52(28)29-11-12-33(53)44-36(29)54/h6,9-10,17-20,24-25,29H,4-5,7-8,11-16,21-22H2,1-3H3,(H,44,53,54)(H,41,42,43,45)/p+1. The lowest BCUT2D eigenvalue weighted by Gasteiger charge is -2.49. The molecule has 1 aliphatic carbocycles. The van der Waals surface area contributed by atoms with Crippen LogP contribution in [0.4, 0.5) is 43.7 Å². The minimum Gasteiger partial charge on any atom is -0.366 e. The van der Waals surface area contributed by atoms with Crippen LogP contribution in [0.25, 0.3) is 11.0 Å². The van der Waals surface area contributed by atoms with Crippen molar-refractivity contribution in [3.63, 3.8) is 0 Å². The molecule has 1 aromatic carbocycles. The number of urea groups is 1. The van der Waals surface area contributed by atoms with Crippen LogP contribution >= 0.6 is 0 Å². The molecule has 3 N–H and O–H groups in total. The lowest BCUT2D eigenvalue weighted by Crippen LogP contribution is -3.15. The number of halogens is 1. The summed E-state index contributed by atoms with van der Waals surface area (Å²) in [7, 11) is 5.23. The fraction of sp³-hybridized carbons (Fsp3) is 0.462. The molecule has 9 rings (SSSR count). The fourth-order valence-corrected chi connectivity index (χ4v) is 9.10. The Kier molecular flexibility index (Phi) is 9.07. The third-order valence-electron chi connectivity index (χ3n) is 12.1. The van der Waals surface area contributed by atoms with E-state index in [-0.39, 0.29) is 42.1 Å². The van der Waals surface area contributed by atoms with Gasteiger partial charge in [-0.2, -0.15) is 4.98 Å². The maximum atomic E-state index is 15.7. The lowest BCUT2D eigenvalue weighted by atomic mass is 10.0. The SMILES string of the molecule is CN(C)C(=O)c1cc2cnc(Nc3cc(F)c(N4CCN(C5CN(c6cccc7c6N(C)C(=O)[NH+]7C6CCC(=O)NC6=O)C5)CC4)cn3)nc2n1C1CCCC1. The van der Waals surface area contributed by atoms with Crippen LogP contribution in [0.15, 0.2) is 42.7 Å². The van der Waals surface area contributed by atoms with Gasteiger partial charge >= 0.3 is 6.03 Å². The Labute approximate surface area is 323 Å². The van der Waals surface area contributed by atoms with Crippen LogP contribution in [0.3, 0.4) is 0 Å². The second kappa shape index (κ2) is 14.1. The van der Waals surface area contributed by atoms with E-state index in [1.54, 1.807) is 43.3 Å². The number of nitrogens with one attached hydrogen (secondary N) is 3. The van der Waals surface area contributed by atoms with Gasteiger partial charge in [0.05, 0.1) is 17.6 Å². The highest BCUT2D eigenvalue weighted by molar-refractivity contribution is 6.04. The molecule has 0 bridgehead atoms. The van der Waals surface area contributed by atoms with Crippen molar-refractivity contribution < 1.29 is 28.5 Å². The van der Waals surface area contributed by atoms with E-state index < -0.39 is 11.9 Å². The van der Waals surface area contributed by atoms with Crippen molar-refractivity contribution in [2.75, 3.05) is 80.4 Å². The molecular formula is C39H46FN12O4+. The number of hydrogen-bond donors (Lipinski definition) is 3. The number of para-hydroxylation sites is 1. The first kappa shape index (κ1) is 36.0. The molecule has 56 heavy (non-hydrogen) atoms. The molecule has 4 fully saturated rings. The number of piperazine rings is 1. The summed E-state index contributed by atoms with van der Waals surface area (Å²) in [6.45, 7) is 4.41. The number of benzene rings is 1. The van der Waals surface area contributed by atoms with Crippen LogP contribution in [0.1, 0.15) is 55.1 Å². The molecule has 1 saturated carbocycles. The van der Waals surface area contributed by atoms with Gasteiger partial charge in [0.25, 0.3) is 11.8 Å². The quantitative estimate of drug-likeness (QED) is 0.227. The molecule has 2 unspecified atom stereocenters. The number of nitrogens with zero attached hydrogens (tertiary/aromatic N) is 9. The second-order valence-electron chi connectivity index (χ2n) is 15.7. The Bertz CT molecular complexity index is 2240. The number of anilines is 5. The highest BCUT2D eigenvalue weighted by Gasteiger charge is 2.50. The Hall–Kier alpha value is -5.68. The Balaban J connectivity index is 0.831. The van der Waals surface area contributed by atoms with E-state index in [4.69, 9.17) is 4.98 Å². The maximum Gasteiger partial charge on any atom is 0.427 e. The molecule has 0 radical (unpaired) electrons. The van der Waals surface area contributed by atoms with E-state index in [1.807, 2.05) is 33.7 Å². The molecule has 5 aliphatic rings. The van der Waals surface area contributed by atoms with Crippen LogP contribution in [0.2, 0.25) is 0 Å². The number of quaternary nitrogens is 1. The Morgan fingerprint density at radius 2 is 1.71 bits per heavy atom. The first-order valence-corrected chi connectivity index (χ1v) is 19.4. The molecule has 0 spiro atoms. The van der Waals surface area contributed by atoms with Crippen molar-refractivity contribution in [3.05, 3.63) is 54.2 Å². The van der Waals surface area contributed by atoms with Crippen molar-refractivity contribution in [3.8, 4) is 0 Å². The summed E-state index contributed by atoms with van der Waals surface area (Å²) in [5.41, 5.74) is 4.23. The van der Waals surface area contributed by atoms with E-state index in [1.165, 1.54) is 6.07 Å². The van der Waals surface area contributed by atoms with Crippen molar-refractivity contribution in [1.29, 1.82) is 0 Å². The van der Waals surface area contributed by atoms with Crippen molar-refractivity contribution in [2.45, 2.75) is 56.7 Å². The number of amides is 5. The van der Waals surface area contributed by atoms with Crippen molar-refractivity contribution in [2.24, 2.45) is 0 Å². The maximum absolute atomic E-state index is 15.7. The van der Waals surface area contributed by atoms with Crippen molar-refractivity contribution >= 4 is 69.3 Å².